The standard InChI is InChI=1S/C16H15BrClN7O2/c1-9(27-2)14-11(17)7-19-8-13(14)24-16(26)23-10-5-12(18)15(20-6-10)25-21-3-4-22-25/h3-9H,1-2H3,(H2,23,24,26)/t9-/m0/s1. The van der Waals surface area contributed by atoms with E-state index < -0.39 is 6.03 Å². The Morgan fingerprint density at radius 1 is 1.26 bits per heavy atom. The predicted octanol–water partition coefficient (Wildman–Crippen LogP) is 3.82. The number of amides is 2. The van der Waals surface area contributed by atoms with Crippen LogP contribution in [0.1, 0.15) is 18.6 Å². The van der Waals surface area contributed by atoms with Crippen LogP contribution in [-0.2, 0) is 4.74 Å². The highest BCUT2D eigenvalue weighted by molar-refractivity contribution is 9.10. The van der Waals surface area contributed by atoms with Gasteiger partial charge in [-0.25, -0.2) is 9.78 Å². The maximum atomic E-state index is 12.4. The average Bonchev–Trinajstić information content (AvgIpc) is 3.15. The quantitative estimate of drug-likeness (QED) is 0.609. The third-order valence-electron chi connectivity index (χ3n) is 3.64. The third kappa shape index (κ3) is 4.41. The Hall–Kier alpha value is -2.56. The summed E-state index contributed by atoms with van der Waals surface area (Å²) in [7, 11) is 1.59. The van der Waals surface area contributed by atoms with E-state index in [1.54, 1.807) is 25.6 Å². The van der Waals surface area contributed by atoms with Gasteiger partial charge in [0.2, 0.25) is 0 Å². The van der Waals surface area contributed by atoms with Crippen molar-refractivity contribution in [2.45, 2.75) is 13.0 Å². The van der Waals surface area contributed by atoms with Gasteiger partial charge in [-0.3, -0.25) is 4.98 Å². The molecule has 11 heteroatoms. The molecule has 0 bridgehead atoms. The van der Waals surface area contributed by atoms with Crippen LogP contribution >= 0.6 is 27.5 Å². The molecular formula is C16H15BrClN7O2. The first-order valence-electron chi connectivity index (χ1n) is 7.76. The fourth-order valence-corrected chi connectivity index (χ4v) is 3.23. The second kappa shape index (κ2) is 8.42. The molecule has 3 heterocycles. The first-order valence-corrected chi connectivity index (χ1v) is 8.93. The van der Waals surface area contributed by atoms with Gasteiger partial charge in [0.25, 0.3) is 0 Å². The number of methoxy groups -OCH3 is 1. The first-order chi connectivity index (χ1) is 13.0. The summed E-state index contributed by atoms with van der Waals surface area (Å²) in [6.45, 7) is 1.87. The van der Waals surface area contributed by atoms with Crippen LogP contribution in [0.2, 0.25) is 5.02 Å². The van der Waals surface area contributed by atoms with Crippen molar-refractivity contribution in [3.05, 3.63) is 52.1 Å². The molecule has 9 nitrogen and oxygen atoms in total. The summed E-state index contributed by atoms with van der Waals surface area (Å²) in [4.78, 5) is 21.9. The molecular weight excluding hydrogens is 438 g/mol. The van der Waals surface area contributed by atoms with Gasteiger partial charge in [-0.1, -0.05) is 11.6 Å². The van der Waals surface area contributed by atoms with E-state index >= 15 is 0 Å². The second-order valence-electron chi connectivity index (χ2n) is 5.39. The number of halogens is 2. The minimum absolute atomic E-state index is 0.241. The van der Waals surface area contributed by atoms with Crippen LogP contribution in [0.25, 0.3) is 5.82 Å². The third-order valence-corrected chi connectivity index (χ3v) is 4.55. The van der Waals surface area contributed by atoms with Crippen molar-refractivity contribution in [2.75, 3.05) is 17.7 Å². The number of carbonyl (C=O) groups is 1. The van der Waals surface area contributed by atoms with Crippen LogP contribution in [0.5, 0.6) is 0 Å². The van der Waals surface area contributed by atoms with Gasteiger partial charge in [-0.2, -0.15) is 10.2 Å². The van der Waals surface area contributed by atoms with E-state index in [0.29, 0.717) is 22.2 Å². The fraction of sp³-hybridized carbons (Fsp3) is 0.188. The summed E-state index contributed by atoms with van der Waals surface area (Å²) in [6, 6.07) is 1.09. The molecule has 0 fully saturated rings. The summed E-state index contributed by atoms with van der Waals surface area (Å²) < 4.78 is 6.08. The summed E-state index contributed by atoms with van der Waals surface area (Å²) in [5.41, 5.74) is 1.71. The van der Waals surface area contributed by atoms with E-state index in [-0.39, 0.29) is 6.10 Å². The lowest BCUT2D eigenvalue weighted by atomic mass is 10.1. The minimum atomic E-state index is -0.470. The van der Waals surface area contributed by atoms with Gasteiger partial charge in [0.15, 0.2) is 5.82 Å². The van der Waals surface area contributed by atoms with Crippen LogP contribution < -0.4 is 10.6 Å². The Bertz CT molecular complexity index is 952. The monoisotopic (exact) mass is 451 g/mol. The van der Waals surface area contributed by atoms with Crippen molar-refractivity contribution in [2.24, 2.45) is 0 Å². The molecule has 2 N–H and O–H groups in total. The summed E-state index contributed by atoms with van der Waals surface area (Å²) in [5.74, 6) is 0.361. The second-order valence-corrected chi connectivity index (χ2v) is 6.65. The molecule has 3 aromatic heterocycles. The molecule has 0 saturated carbocycles. The summed E-state index contributed by atoms with van der Waals surface area (Å²) in [5, 5.41) is 13.7. The molecule has 0 spiro atoms. The van der Waals surface area contributed by atoms with Gasteiger partial charge in [-0.15, -0.1) is 4.80 Å². The number of rotatable bonds is 5. The molecule has 3 aromatic rings. The molecule has 1 atom stereocenters. The number of urea groups is 1. The van der Waals surface area contributed by atoms with Gasteiger partial charge in [-0.05, 0) is 28.9 Å². The maximum absolute atomic E-state index is 12.4. The molecule has 0 aliphatic carbocycles. The number of aromatic nitrogens is 5. The molecule has 0 aliphatic heterocycles. The van der Waals surface area contributed by atoms with Crippen molar-refractivity contribution < 1.29 is 9.53 Å². The van der Waals surface area contributed by atoms with E-state index in [9.17, 15) is 4.79 Å². The van der Waals surface area contributed by atoms with Crippen LogP contribution in [0, 0.1) is 0 Å². The number of ether oxygens (including phenoxy) is 1. The molecule has 3 rings (SSSR count). The molecule has 27 heavy (non-hydrogen) atoms. The van der Waals surface area contributed by atoms with Crippen LogP contribution in [-0.4, -0.2) is 38.1 Å². The molecule has 0 saturated heterocycles. The van der Waals surface area contributed by atoms with Crippen molar-refractivity contribution in [1.82, 2.24) is 25.0 Å². The SMILES string of the molecule is CO[C@@H](C)c1c(Br)cncc1NC(=O)Nc1cnc(-n2nccn2)c(Cl)c1. The Labute approximate surface area is 168 Å². The van der Waals surface area contributed by atoms with E-state index in [1.165, 1.54) is 23.4 Å². The number of nitrogens with one attached hydrogen (secondary N) is 2. The van der Waals surface area contributed by atoms with Crippen molar-refractivity contribution in [3.63, 3.8) is 0 Å². The van der Waals surface area contributed by atoms with E-state index in [4.69, 9.17) is 16.3 Å². The largest absolute Gasteiger partial charge is 0.377 e. The zero-order valence-corrected chi connectivity index (χ0v) is 16.7. The molecule has 140 valence electrons. The number of pyridine rings is 2. The van der Waals surface area contributed by atoms with Crippen molar-refractivity contribution in [1.29, 1.82) is 0 Å². The van der Waals surface area contributed by atoms with Crippen LogP contribution in [0.3, 0.4) is 0 Å². The van der Waals surface area contributed by atoms with Crippen LogP contribution in [0.4, 0.5) is 16.2 Å². The van der Waals surface area contributed by atoms with Crippen molar-refractivity contribution >= 4 is 44.9 Å². The van der Waals surface area contributed by atoms with E-state index in [1.807, 2.05) is 6.92 Å². The highest BCUT2D eigenvalue weighted by atomic mass is 79.9. The summed E-state index contributed by atoms with van der Waals surface area (Å²) in [6.07, 6.45) is 7.44. The molecule has 0 radical (unpaired) electrons. The molecule has 0 unspecified atom stereocenters. The smallest absolute Gasteiger partial charge is 0.323 e. The number of anilines is 2. The number of hydrogen-bond acceptors (Lipinski definition) is 6. The lowest BCUT2D eigenvalue weighted by Crippen LogP contribution is -2.21. The Morgan fingerprint density at radius 2 is 2.00 bits per heavy atom. The maximum Gasteiger partial charge on any atom is 0.323 e. The number of nitrogens with zero attached hydrogens (tertiary/aromatic N) is 5. The number of carbonyl (C=O) groups excluding carboxylic acids is 1. The number of hydrogen-bond donors (Lipinski definition) is 2. The normalized spacial score (nSPS) is 11.9. The average molecular weight is 453 g/mol. The lowest BCUT2D eigenvalue weighted by Gasteiger charge is -2.17. The predicted molar refractivity (Wildman–Crippen MR) is 104 cm³/mol. The summed E-state index contributed by atoms with van der Waals surface area (Å²) >= 11 is 9.63. The highest BCUT2D eigenvalue weighted by Crippen LogP contribution is 2.31. The fourth-order valence-electron chi connectivity index (χ4n) is 2.33. The Kier molecular flexibility index (Phi) is 5.99. The zero-order valence-electron chi connectivity index (χ0n) is 14.3. The van der Waals surface area contributed by atoms with Gasteiger partial charge in [0, 0.05) is 23.3 Å². The minimum Gasteiger partial charge on any atom is -0.377 e. The highest BCUT2D eigenvalue weighted by Gasteiger charge is 2.17. The van der Waals surface area contributed by atoms with Crippen LogP contribution in [0.15, 0.2) is 41.5 Å². The van der Waals surface area contributed by atoms with Gasteiger partial charge >= 0.3 is 6.03 Å². The zero-order chi connectivity index (χ0) is 19.4. The van der Waals surface area contributed by atoms with Gasteiger partial charge in [0.1, 0.15) is 0 Å². The molecule has 0 aromatic carbocycles. The lowest BCUT2D eigenvalue weighted by molar-refractivity contribution is 0.119. The first kappa shape index (κ1) is 19.2. The molecule has 2 amide bonds. The van der Waals surface area contributed by atoms with E-state index in [2.05, 4.69) is 46.7 Å². The Balaban J connectivity index is 1.75. The molecule has 0 aliphatic rings. The Morgan fingerprint density at radius 3 is 2.67 bits per heavy atom. The van der Waals surface area contributed by atoms with Crippen molar-refractivity contribution in [3.8, 4) is 5.82 Å². The van der Waals surface area contributed by atoms with E-state index in [0.717, 1.165) is 10.0 Å². The topological polar surface area (TPSA) is 107 Å². The van der Waals surface area contributed by atoms with Gasteiger partial charge < -0.3 is 15.4 Å². The van der Waals surface area contributed by atoms with Gasteiger partial charge in [0.05, 0.1) is 47.3 Å².